The average Bonchev–Trinajstić information content (AvgIpc) is 2.52. The fourth-order valence-electron chi connectivity index (χ4n) is 0.745. The Kier molecular flexibility index (Phi) is 4.84. The molecule has 5 heteroatoms. The molecule has 1 aromatic rings. The molecule has 0 aliphatic heterocycles. The van der Waals surface area contributed by atoms with Gasteiger partial charge < -0.3 is 10.5 Å². The van der Waals surface area contributed by atoms with Gasteiger partial charge in [-0.05, 0) is 20.8 Å². The van der Waals surface area contributed by atoms with Gasteiger partial charge in [0.25, 0.3) is 0 Å². The van der Waals surface area contributed by atoms with Gasteiger partial charge >= 0.3 is 6.09 Å². The van der Waals surface area contributed by atoms with E-state index in [1.807, 2.05) is 13.8 Å². The highest BCUT2D eigenvalue weighted by molar-refractivity contribution is 5.70. The summed E-state index contributed by atoms with van der Waals surface area (Å²) in [6, 6.07) is 0. The Morgan fingerprint density at radius 3 is 2.33 bits per heavy atom. The largest absolute Gasteiger partial charge is 0.442 e. The molecule has 0 aliphatic carbocycles. The summed E-state index contributed by atoms with van der Waals surface area (Å²) in [5, 5.41) is 3.72. The summed E-state index contributed by atoms with van der Waals surface area (Å²) in [6.07, 6.45) is 2.28. The van der Waals surface area contributed by atoms with Gasteiger partial charge in [0, 0.05) is 0 Å². The van der Waals surface area contributed by atoms with Crippen molar-refractivity contribution in [2.24, 2.45) is 0 Å². The normalized spacial score (nSPS) is 10.2. The number of anilines is 1. The standard InChI is InChI=1S/C8H13N3O2.C2H6/c1-8(2,3)13-7(12)11-5-6(9)4-10-11;1-2/h4-5H,9H2,1-3H3;1-2H3. The van der Waals surface area contributed by atoms with Crippen LogP contribution in [0, 0.1) is 0 Å². The van der Waals surface area contributed by atoms with Gasteiger partial charge in [-0.3, -0.25) is 0 Å². The number of carbonyl (C=O) groups excluding carboxylic acids is 1. The fraction of sp³-hybridized carbons (Fsp3) is 0.600. The molecule has 0 atom stereocenters. The summed E-state index contributed by atoms with van der Waals surface area (Å²) < 4.78 is 6.11. The molecule has 0 aliphatic rings. The van der Waals surface area contributed by atoms with Crippen molar-refractivity contribution in [3.63, 3.8) is 0 Å². The van der Waals surface area contributed by atoms with Gasteiger partial charge in [0.1, 0.15) is 5.60 Å². The summed E-state index contributed by atoms with van der Waals surface area (Å²) >= 11 is 0. The smallest absolute Gasteiger partial charge is 0.435 e. The SMILES string of the molecule is CC.CC(C)(C)OC(=O)n1cc(N)cn1. The molecule has 1 aromatic heterocycles. The topological polar surface area (TPSA) is 70.1 Å². The molecule has 1 heterocycles. The second-order valence-electron chi connectivity index (χ2n) is 3.70. The summed E-state index contributed by atoms with van der Waals surface area (Å²) in [4.78, 5) is 11.3. The maximum absolute atomic E-state index is 11.3. The van der Waals surface area contributed by atoms with Crippen LogP contribution in [-0.4, -0.2) is 21.5 Å². The molecule has 2 N–H and O–H groups in total. The first-order valence-electron chi connectivity index (χ1n) is 4.92. The van der Waals surface area contributed by atoms with E-state index < -0.39 is 11.7 Å². The number of rotatable bonds is 0. The second kappa shape index (κ2) is 5.38. The zero-order chi connectivity index (χ0) is 12.1. The molecule has 86 valence electrons. The van der Waals surface area contributed by atoms with Gasteiger partial charge in [-0.1, -0.05) is 13.8 Å². The third kappa shape index (κ3) is 5.05. The van der Waals surface area contributed by atoms with Crippen molar-refractivity contribution in [1.29, 1.82) is 0 Å². The Bertz CT molecular complexity index is 313. The maximum Gasteiger partial charge on any atom is 0.435 e. The molecule has 0 bridgehead atoms. The Labute approximate surface area is 90.2 Å². The summed E-state index contributed by atoms with van der Waals surface area (Å²) in [5.41, 5.74) is 5.31. The summed E-state index contributed by atoms with van der Waals surface area (Å²) in [7, 11) is 0. The Hall–Kier alpha value is -1.52. The van der Waals surface area contributed by atoms with E-state index in [1.54, 1.807) is 20.8 Å². The molecule has 15 heavy (non-hydrogen) atoms. The van der Waals surface area contributed by atoms with Gasteiger partial charge in [0.2, 0.25) is 0 Å². The lowest BCUT2D eigenvalue weighted by molar-refractivity contribution is 0.0514. The lowest BCUT2D eigenvalue weighted by atomic mass is 10.2. The molecule has 0 radical (unpaired) electrons. The molecule has 0 spiro atoms. The van der Waals surface area contributed by atoms with Crippen molar-refractivity contribution in [2.75, 3.05) is 5.73 Å². The minimum absolute atomic E-state index is 0.436. The Balaban J connectivity index is 0.000000921. The molecule has 1 rings (SSSR count). The van der Waals surface area contributed by atoms with Gasteiger partial charge in [-0.25, -0.2) is 4.79 Å². The highest BCUT2D eigenvalue weighted by Crippen LogP contribution is 2.09. The van der Waals surface area contributed by atoms with Crippen LogP contribution in [0.2, 0.25) is 0 Å². The van der Waals surface area contributed by atoms with E-state index in [0.717, 1.165) is 4.68 Å². The lowest BCUT2D eigenvalue weighted by Gasteiger charge is -2.18. The first kappa shape index (κ1) is 13.5. The molecular formula is C10H19N3O2. The van der Waals surface area contributed by atoms with Crippen LogP contribution in [0.4, 0.5) is 10.5 Å². The molecule has 0 aromatic carbocycles. The number of hydrogen-bond acceptors (Lipinski definition) is 4. The van der Waals surface area contributed by atoms with Crippen LogP contribution < -0.4 is 5.73 Å². The predicted octanol–water partition coefficient (Wildman–Crippen LogP) is 2.27. The lowest BCUT2D eigenvalue weighted by Crippen LogP contribution is -2.27. The third-order valence-corrected chi connectivity index (χ3v) is 1.18. The Morgan fingerprint density at radius 1 is 1.47 bits per heavy atom. The van der Waals surface area contributed by atoms with E-state index >= 15 is 0 Å². The number of nitrogen functional groups attached to an aromatic ring is 1. The predicted molar refractivity (Wildman–Crippen MR) is 59.6 cm³/mol. The minimum atomic E-state index is -0.524. The number of aromatic nitrogens is 2. The van der Waals surface area contributed by atoms with E-state index in [9.17, 15) is 4.79 Å². The van der Waals surface area contributed by atoms with Crippen LogP contribution in [0.15, 0.2) is 12.4 Å². The average molecular weight is 213 g/mol. The van der Waals surface area contributed by atoms with Crippen LogP contribution in [0.25, 0.3) is 0 Å². The summed E-state index contributed by atoms with van der Waals surface area (Å²) in [5.74, 6) is 0. The molecule has 0 amide bonds. The molecular weight excluding hydrogens is 194 g/mol. The van der Waals surface area contributed by atoms with E-state index in [2.05, 4.69) is 5.10 Å². The summed E-state index contributed by atoms with van der Waals surface area (Å²) in [6.45, 7) is 9.37. The number of hydrogen-bond donors (Lipinski definition) is 1. The van der Waals surface area contributed by atoms with Gasteiger partial charge in [0.15, 0.2) is 0 Å². The van der Waals surface area contributed by atoms with E-state index in [0.29, 0.717) is 5.69 Å². The Morgan fingerprint density at radius 2 is 2.00 bits per heavy atom. The van der Waals surface area contributed by atoms with Crippen molar-refractivity contribution in [3.8, 4) is 0 Å². The molecule has 5 nitrogen and oxygen atoms in total. The minimum Gasteiger partial charge on any atom is -0.442 e. The van der Waals surface area contributed by atoms with Crippen LogP contribution in [0.3, 0.4) is 0 Å². The first-order valence-corrected chi connectivity index (χ1v) is 4.92. The highest BCUT2D eigenvalue weighted by Gasteiger charge is 2.17. The quantitative estimate of drug-likeness (QED) is 0.717. The van der Waals surface area contributed by atoms with Gasteiger partial charge in [-0.2, -0.15) is 9.78 Å². The molecule has 0 saturated heterocycles. The van der Waals surface area contributed by atoms with Crippen LogP contribution >= 0.6 is 0 Å². The molecule has 0 saturated carbocycles. The van der Waals surface area contributed by atoms with Crippen LogP contribution in [0.5, 0.6) is 0 Å². The number of nitrogens with two attached hydrogens (primary N) is 1. The van der Waals surface area contributed by atoms with Crippen molar-refractivity contribution < 1.29 is 9.53 Å². The third-order valence-electron chi connectivity index (χ3n) is 1.18. The second-order valence-corrected chi connectivity index (χ2v) is 3.70. The monoisotopic (exact) mass is 213 g/mol. The fourth-order valence-corrected chi connectivity index (χ4v) is 0.745. The number of carbonyl (C=O) groups is 1. The maximum atomic E-state index is 11.3. The van der Waals surface area contributed by atoms with Crippen molar-refractivity contribution >= 4 is 11.8 Å². The van der Waals surface area contributed by atoms with E-state index in [-0.39, 0.29) is 0 Å². The van der Waals surface area contributed by atoms with Crippen LogP contribution in [0.1, 0.15) is 34.6 Å². The van der Waals surface area contributed by atoms with Crippen LogP contribution in [-0.2, 0) is 4.74 Å². The molecule has 0 unspecified atom stereocenters. The van der Waals surface area contributed by atoms with E-state index in [4.69, 9.17) is 10.5 Å². The highest BCUT2D eigenvalue weighted by atomic mass is 16.6. The van der Waals surface area contributed by atoms with Crippen molar-refractivity contribution in [3.05, 3.63) is 12.4 Å². The van der Waals surface area contributed by atoms with E-state index in [1.165, 1.54) is 12.4 Å². The van der Waals surface area contributed by atoms with Crippen molar-refractivity contribution in [1.82, 2.24) is 9.78 Å². The zero-order valence-electron chi connectivity index (χ0n) is 9.94. The van der Waals surface area contributed by atoms with Gasteiger partial charge in [-0.15, -0.1) is 0 Å². The van der Waals surface area contributed by atoms with Crippen molar-refractivity contribution in [2.45, 2.75) is 40.2 Å². The zero-order valence-corrected chi connectivity index (χ0v) is 9.94. The first-order chi connectivity index (χ1) is 6.88. The van der Waals surface area contributed by atoms with Gasteiger partial charge in [0.05, 0.1) is 18.1 Å². The number of nitrogens with zero attached hydrogens (tertiary/aromatic N) is 2. The molecule has 0 fully saturated rings. The number of ether oxygens (including phenoxy) is 1.